The molecule has 6 heteroatoms. The Morgan fingerprint density at radius 3 is 2.28 bits per heavy atom. The average molecular weight is 396 g/mol. The first-order chi connectivity index (χ1) is 14.1. The van der Waals surface area contributed by atoms with Crippen LogP contribution in [0, 0.1) is 0 Å². The third kappa shape index (κ3) is 5.81. The number of esters is 1. The average Bonchev–Trinajstić information content (AvgIpc) is 2.75. The fourth-order valence-corrected chi connectivity index (χ4v) is 3.61. The quantitative estimate of drug-likeness (QED) is 0.755. The lowest BCUT2D eigenvalue weighted by Crippen LogP contribution is -2.48. The van der Waals surface area contributed by atoms with Crippen molar-refractivity contribution in [1.82, 2.24) is 9.80 Å². The zero-order valence-electron chi connectivity index (χ0n) is 17.1. The van der Waals surface area contributed by atoms with Crippen molar-refractivity contribution in [3.63, 3.8) is 0 Å². The highest BCUT2D eigenvalue weighted by Gasteiger charge is 2.26. The highest BCUT2D eigenvalue weighted by molar-refractivity contribution is 5.89. The summed E-state index contributed by atoms with van der Waals surface area (Å²) in [7, 11) is 1.83. The van der Waals surface area contributed by atoms with E-state index >= 15 is 0 Å². The minimum atomic E-state index is -0.184. The monoisotopic (exact) mass is 395 g/mol. The summed E-state index contributed by atoms with van der Waals surface area (Å²) in [5, 5.41) is 2.98. The van der Waals surface area contributed by atoms with E-state index in [0.29, 0.717) is 13.2 Å². The van der Waals surface area contributed by atoms with Gasteiger partial charge in [0.1, 0.15) is 0 Å². The maximum absolute atomic E-state index is 12.6. The van der Waals surface area contributed by atoms with Gasteiger partial charge in [0.2, 0.25) is 0 Å². The molecule has 2 aromatic rings. The van der Waals surface area contributed by atoms with Gasteiger partial charge < -0.3 is 15.0 Å². The summed E-state index contributed by atoms with van der Waals surface area (Å²) >= 11 is 0. The van der Waals surface area contributed by atoms with Crippen molar-refractivity contribution in [3.05, 3.63) is 54.6 Å². The van der Waals surface area contributed by atoms with Gasteiger partial charge >= 0.3 is 12.0 Å². The number of likely N-dealkylation sites (tertiary alicyclic amines) is 1. The summed E-state index contributed by atoms with van der Waals surface area (Å²) in [6, 6.07) is 18.1. The van der Waals surface area contributed by atoms with E-state index in [9.17, 15) is 9.59 Å². The van der Waals surface area contributed by atoms with Crippen LogP contribution in [0.5, 0.6) is 0 Å². The zero-order valence-corrected chi connectivity index (χ0v) is 17.1. The summed E-state index contributed by atoms with van der Waals surface area (Å²) in [4.78, 5) is 28.1. The van der Waals surface area contributed by atoms with Gasteiger partial charge in [-0.25, -0.2) is 4.79 Å². The number of hydrogen-bond acceptors (Lipinski definition) is 4. The molecule has 1 aliphatic heterocycles. The molecule has 2 aromatic carbocycles. The normalized spacial score (nSPS) is 15.0. The van der Waals surface area contributed by atoms with Gasteiger partial charge in [-0.05, 0) is 43.0 Å². The molecule has 0 spiro atoms. The summed E-state index contributed by atoms with van der Waals surface area (Å²) < 4.78 is 5.00. The van der Waals surface area contributed by atoms with Crippen LogP contribution in [0.4, 0.5) is 10.5 Å². The molecule has 0 unspecified atom stereocenters. The molecule has 1 N–H and O–H groups in total. The molecule has 0 atom stereocenters. The highest BCUT2D eigenvalue weighted by atomic mass is 16.5. The van der Waals surface area contributed by atoms with Crippen LogP contribution in [0.25, 0.3) is 11.1 Å². The first-order valence-electron chi connectivity index (χ1n) is 10.1. The molecule has 6 nitrogen and oxygen atoms in total. The van der Waals surface area contributed by atoms with Gasteiger partial charge in [-0.2, -0.15) is 0 Å². The third-order valence-corrected chi connectivity index (χ3v) is 5.33. The Morgan fingerprint density at radius 1 is 1.03 bits per heavy atom. The molecule has 0 aliphatic carbocycles. The molecule has 1 saturated heterocycles. The van der Waals surface area contributed by atoms with Crippen LogP contribution in [-0.4, -0.2) is 61.1 Å². The molecule has 0 saturated carbocycles. The van der Waals surface area contributed by atoms with Gasteiger partial charge in [-0.15, -0.1) is 0 Å². The molecule has 0 aromatic heterocycles. The SMILES string of the molecule is CCOC(=O)CN1CCC(N(C)C(=O)Nc2ccc(-c3ccccc3)cc2)CC1. The van der Waals surface area contributed by atoms with E-state index < -0.39 is 0 Å². The Balaban J connectivity index is 1.49. The molecular weight excluding hydrogens is 366 g/mol. The first kappa shape index (κ1) is 20.9. The standard InChI is InChI=1S/C23H29N3O3/c1-3-29-22(27)17-26-15-13-21(14-16-26)25(2)23(28)24-20-11-9-19(10-12-20)18-7-5-4-6-8-18/h4-12,21H,3,13-17H2,1-2H3,(H,24,28). The Kier molecular flexibility index (Phi) is 7.25. The molecule has 0 bridgehead atoms. The Hall–Kier alpha value is -2.86. The molecular formula is C23H29N3O3. The molecule has 1 aliphatic rings. The van der Waals surface area contributed by atoms with Crippen molar-refractivity contribution in [2.24, 2.45) is 0 Å². The van der Waals surface area contributed by atoms with E-state index in [2.05, 4.69) is 22.3 Å². The fraction of sp³-hybridized carbons (Fsp3) is 0.391. The van der Waals surface area contributed by atoms with E-state index in [1.54, 1.807) is 4.90 Å². The number of ether oxygens (including phenoxy) is 1. The van der Waals surface area contributed by atoms with Crippen molar-refractivity contribution in [2.75, 3.05) is 38.6 Å². The number of carbonyl (C=O) groups excluding carboxylic acids is 2. The van der Waals surface area contributed by atoms with Crippen LogP contribution < -0.4 is 5.32 Å². The van der Waals surface area contributed by atoms with Crippen LogP contribution >= 0.6 is 0 Å². The number of benzene rings is 2. The summed E-state index contributed by atoms with van der Waals surface area (Å²) in [6.07, 6.45) is 1.69. The van der Waals surface area contributed by atoms with Crippen molar-refractivity contribution in [3.8, 4) is 11.1 Å². The lowest BCUT2D eigenvalue weighted by atomic mass is 10.0. The molecule has 1 heterocycles. The molecule has 154 valence electrons. The van der Waals surface area contributed by atoms with Crippen molar-refractivity contribution in [1.29, 1.82) is 0 Å². The van der Waals surface area contributed by atoms with Crippen LogP contribution in [0.3, 0.4) is 0 Å². The second kappa shape index (κ2) is 10.1. The predicted molar refractivity (Wildman–Crippen MR) is 115 cm³/mol. The number of carbonyl (C=O) groups is 2. The number of hydrogen-bond donors (Lipinski definition) is 1. The number of rotatable bonds is 6. The van der Waals surface area contributed by atoms with Gasteiger partial charge in [-0.1, -0.05) is 42.5 Å². The minimum absolute atomic E-state index is 0.110. The minimum Gasteiger partial charge on any atom is -0.465 e. The number of piperidine rings is 1. The largest absolute Gasteiger partial charge is 0.465 e. The van der Waals surface area contributed by atoms with E-state index in [-0.39, 0.29) is 18.0 Å². The lowest BCUT2D eigenvalue weighted by Gasteiger charge is -2.36. The maximum atomic E-state index is 12.6. The molecule has 1 fully saturated rings. The van der Waals surface area contributed by atoms with Gasteiger partial charge in [-0.3, -0.25) is 9.69 Å². The van der Waals surface area contributed by atoms with Crippen molar-refractivity contribution >= 4 is 17.7 Å². The predicted octanol–water partition coefficient (Wildman–Crippen LogP) is 3.84. The van der Waals surface area contributed by atoms with Crippen molar-refractivity contribution < 1.29 is 14.3 Å². The molecule has 2 amide bonds. The highest BCUT2D eigenvalue weighted by Crippen LogP contribution is 2.22. The fourth-order valence-electron chi connectivity index (χ4n) is 3.61. The number of anilines is 1. The topological polar surface area (TPSA) is 61.9 Å². The van der Waals surface area contributed by atoms with Crippen LogP contribution in [0.1, 0.15) is 19.8 Å². The molecule has 0 radical (unpaired) electrons. The maximum Gasteiger partial charge on any atom is 0.321 e. The first-order valence-corrected chi connectivity index (χ1v) is 10.1. The number of amides is 2. The number of nitrogens with one attached hydrogen (secondary N) is 1. The van der Waals surface area contributed by atoms with Gasteiger partial charge in [0.25, 0.3) is 0 Å². The summed E-state index contributed by atoms with van der Waals surface area (Å²) in [5.41, 5.74) is 3.05. The lowest BCUT2D eigenvalue weighted by molar-refractivity contribution is -0.144. The van der Waals surface area contributed by atoms with Gasteiger partial charge in [0, 0.05) is 31.9 Å². The second-order valence-corrected chi connectivity index (χ2v) is 7.30. The van der Waals surface area contributed by atoms with Crippen LogP contribution in [0.15, 0.2) is 54.6 Å². The van der Waals surface area contributed by atoms with Gasteiger partial charge in [0.05, 0.1) is 13.2 Å². The molecule has 29 heavy (non-hydrogen) atoms. The zero-order chi connectivity index (χ0) is 20.6. The van der Waals surface area contributed by atoms with E-state index in [0.717, 1.165) is 42.7 Å². The van der Waals surface area contributed by atoms with E-state index in [1.165, 1.54) is 0 Å². The van der Waals surface area contributed by atoms with Gasteiger partial charge in [0.15, 0.2) is 0 Å². The summed E-state index contributed by atoms with van der Waals surface area (Å²) in [6.45, 7) is 4.11. The van der Waals surface area contributed by atoms with Crippen LogP contribution in [-0.2, 0) is 9.53 Å². The number of nitrogens with zero attached hydrogens (tertiary/aromatic N) is 2. The summed E-state index contributed by atoms with van der Waals surface area (Å²) in [5.74, 6) is -0.184. The smallest absolute Gasteiger partial charge is 0.321 e. The Bertz CT molecular complexity index is 800. The molecule has 3 rings (SSSR count). The number of urea groups is 1. The Morgan fingerprint density at radius 2 is 1.66 bits per heavy atom. The van der Waals surface area contributed by atoms with E-state index in [4.69, 9.17) is 4.74 Å². The second-order valence-electron chi connectivity index (χ2n) is 7.30. The third-order valence-electron chi connectivity index (χ3n) is 5.33. The Labute approximate surface area is 172 Å². The van der Waals surface area contributed by atoms with Crippen molar-refractivity contribution in [2.45, 2.75) is 25.8 Å². The van der Waals surface area contributed by atoms with E-state index in [1.807, 2.05) is 56.4 Å². The van der Waals surface area contributed by atoms with Crippen LogP contribution in [0.2, 0.25) is 0 Å².